The lowest BCUT2D eigenvalue weighted by Crippen LogP contribution is -2.53. The van der Waals surface area contributed by atoms with Gasteiger partial charge in [0, 0.05) is 5.57 Å². The lowest BCUT2D eigenvalue weighted by atomic mass is 9.58. The van der Waals surface area contributed by atoms with Crippen molar-refractivity contribution < 1.29 is 9.53 Å². The van der Waals surface area contributed by atoms with Crippen molar-refractivity contribution in [3.05, 3.63) is 12.2 Å². The topological polar surface area (TPSA) is 26.3 Å². The van der Waals surface area contributed by atoms with E-state index in [-0.39, 0.29) is 11.6 Å². The molecular weight excluding hydrogens is 248 g/mol. The Morgan fingerprint density at radius 3 is 2.60 bits per heavy atom. The van der Waals surface area contributed by atoms with Gasteiger partial charge in [0.2, 0.25) is 0 Å². The van der Waals surface area contributed by atoms with Gasteiger partial charge < -0.3 is 4.74 Å². The lowest BCUT2D eigenvalue weighted by molar-refractivity contribution is -0.183. The molecule has 0 heterocycles. The second-order valence-electron chi connectivity index (χ2n) is 7.36. The lowest BCUT2D eigenvalue weighted by Gasteiger charge is -2.52. The predicted octanol–water partition coefficient (Wildman–Crippen LogP) is 4.74. The number of hydrogen-bond donors (Lipinski definition) is 0. The summed E-state index contributed by atoms with van der Waals surface area (Å²) in [5.74, 6) is 2.40. The van der Waals surface area contributed by atoms with Crippen LogP contribution < -0.4 is 0 Å². The molecule has 0 amide bonds. The number of fused-ring (bicyclic) bond motifs is 2. The molecule has 2 aliphatic carbocycles. The van der Waals surface area contributed by atoms with Gasteiger partial charge in [-0.2, -0.15) is 0 Å². The zero-order chi connectivity index (χ0) is 14.9. The molecule has 0 aromatic heterocycles. The van der Waals surface area contributed by atoms with Crippen LogP contribution in [0.4, 0.5) is 0 Å². The van der Waals surface area contributed by atoms with Gasteiger partial charge in [-0.15, -0.1) is 0 Å². The molecule has 0 saturated heterocycles. The van der Waals surface area contributed by atoms with Crippen LogP contribution in [-0.2, 0) is 9.53 Å². The van der Waals surface area contributed by atoms with Gasteiger partial charge in [-0.05, 0) is 62.7 Å². The van der Waals surface area contributed by atoms with Crippen LogP contribution in [0.5, 0.6) is 0 Å². The Bertz CT molecular complexity index is 385. The highest BCUT2D eigenvalue weighted by Crippen LogP contribution is 2.52. The van der Waals surface area contributed by atoms with Gasteiger partial charge in [0.1, 0.15) is 5.60 Å². The number of carbonyl (C=O) groups is 1. The molecule has 4 atom stereocenters. The van der Waals surface area contributed by atoms with E-state index in [2.05, 4.69) is 27.4 Å². The average molecular weight is 278 g/mol. The molecule has 0 aromatic carbocycles. The number of hydrogen-bond acceptors (Lipinski definition) is 2. The molecule has 20 heavy (non-hydrogen) atoms. The molecule has 4 unspecified atom stereocenters. The van der Waals surface area contributed by atoms with Gasteiger partial charge in [0.05, 0.1) is 0 Å². The predicted molar refractivity (Wildman–Crippen MR) is 82.3 cm³/mol. The van der Waals surface area contributed by atoms with E-state index >= 15 is 0 Å². The standard InChI is InChI=1S/C18H30O2/c1-6-14-9-15-7-8-18(13(4)5,16(10-14)11-15)20-17(19)12(2)3/h13-16H,2,6-11H2,1,3-5H3. The highest BCUT2D eigenvalue weighted by atomic mass is 16.6. The zero-order valence-corrected chi connectivity index (χ0v) is 13.6. The van der Waals surface area contributed by atoms with Gasteiger partial charge in [-0.25, -0.2) is 4.79 Å². The monoisotopic (exact) mass is 278 g/mol. The Morgan fingerprint density at radius 1 is 1.35 bits per heavy atom. The van der Waals surface area contributed by atoms with Crippen molar-refractivity contribution in [1.29, 1.82) is 0 Å². The third-order valence-corrected chi connectivity index (χ3v) is 5.72. The first-order valence-electron chi connectivity index (χ1n) is 8.27. The molecule has 2 aliphatic rings. The third kappa shape index (κ3) is 2.80. The summed E-state index contributed by atoms with van der Waals surface area (Å²) >= 11 is 0. The summed E-state index contributed by atoms with van der Waals surface area (Å²) in [6.45, 7) is 12.2. The van der Waals surface area contributed by atoms with E-state index in [0.717, 1.165) is 18.3 Å². The number of rotatable bonds is 4. The number of esters is 1. The second kappa shape index (κ2) is 5.91. The molecule has 0 spiro atoms. The molecule has 2 bridgehead atoms. The van der Waals surface area contributed by atoms with Gasteiger partial charge in [-0.3, -0.25) is 0 Å². The first-order valence-corrected chi connectivity index (χ1v) is 8.27. The Kier molecular flexibility index (Phi) is 4.61. The van der Waals surface area contributed by atoms with Crippen LogP contribution in [0.3, 0.4) is 0 Å². The fourth-order valence-electron chi connectivity index (χ4n) is 4.44. The molecule has 2 nitrogen and oxygen atoms in total. The molecule has 0 aliphatic heterocycles. The van der Waals surface area contributed by atoms with Gasteiger partial charge >= 0.3 is 5.97 Å². The fourth-order valence-corrected chi connectivity index (χ4v) is 4.44. The summed E-state index contributed by atoms with van der Waals surface area (Å²) in [5, 5.41) is 0. The van der Waals surface area contributed by atoms with E-state index in [0.29, 0.717) is 17.4 Å². The maximum Gasteiger partial charge on any atom is 0.333 e. The first kappa shape index (κ1) is 15.6. The maximum atomic E-state index is 12.1. The molecule has 0 radical (unpaired) electrons. The highest BCUT2D eigenvalue weighted by molar-refractivity contribution is 5.87. The summed E-state index contributed by atoms with van der Waals surface area (Å²) in [4.78, 5) is 12.1. The van der Waals surface area contributed by atoms with Crippen molar-refractivity contribution >= 4 is 5.97 Å². The van der Waals surface area contributed by atoms with Gasteiger partial charge in [0.25, 0.3) is 0 Å². The molecule has 0 N–H and O–H groups in total. The van der Waals surface area contributed by atoms with Crippen molar-refractivity contribution in [2.45, 2.75) is 71.8 Å². The summed E-state index contributed by atoms with van der Waals surface area (Å²) in [6.07, 6.45) is 7.38. The normalized spacial score (nSPS) is 36.8. The smallest absolute Gasteiger partial charge is 0.333 e. The van der Waals surface area contributed by atoms with Crippen LogP contribution in [0, 0.1) is 23.7 Å². The summed E-state index contributed by atoms with van der Waals surface area (Å²) in [7, 11) is 0. The quantitative estimate of drug-likeness (QED) is 0.548. The van der Waals surface area contributed by atoms with E-state index in [1.807, 2.05) is 0 Å². The molecule has 2 rings (SSSR count). The van der Waals surface area contributed by atoms with Crippen molar-refractivity contribution in [3.63, 3.8) is 0 Å². The minimum Gasteiger partial charge on any atom is -0.455 e. The third-order valence-electron chi connectivity index (χ3n) is 5.72. The Morgan fingerprint density at radius 2 is 2.05 bits per heavy atom. The largest absolute Gasteiger partial charge is 0.455 e. The second-order valence-corrected chi connectivity index (χ2v) is 7.36. The molecule has 114 valence electrons. The van der Waals surface area contributed by atoms with Crippen molar-refractivity contribution in [2.75, 3.05) is 0 Å². The van der Waals surface area contributed by atoms with Crippen LogP contribution >= 0.6 is 0 Å². The molecule has 2 saturated carbocycles. The minimum atomic E-state index is -0.250. The van der Waals surface area contributed by atoms with E-state index in [9.17, 15) is 4.79 Å². The van der Waals surface area contributed by atoms with Crippen molar-refractivity contribution in [3.8, 4) is 0 Å². The fraction of sp³-hybridized carbons (Fsp3) is 0.833. The maximum absolute atomic E-state index is 12.1. The van der Waals surface area contributed by atoms with E-state index in [1.165, 1.54) is 32.1 Å². The van der Waals surface area contributed by atoms with E-state index in [4.69, 9.17) is 4.74 Å². The van der Waals surface area contributed by atoms with E-state index < -0.39 is 0 Å². The van der Waals surface area contributed by atoms with Crippen LogP contribution in [0.15, 0.2) is 12.2 Å². The van der Waals surface area contributed by atoms with Crippen LogP contribution in [0.1, 0.15) is 66.2 Å². The van der Waals surface area contributed by atoms with Crippen molar-refractivity contribution in [1.82, 2.24) is 0 Å². The number of ether oxygens (including phenoxy) is 1. The van der Waals surface area contributed by atoms with Crippen LogP contribution in [0.25, 0.3) is 0 Å². The molecular formula is C18H30O2. The summed E-state index contributed by atoms with van der Waals surface area (Å²) in [6, 6.07) is 0. The van der Waals surface area contributed by atoms with Crippen LogP contribution in [-0.4, -0.2) is 11.6 Å². The zero-order valence-electron chi connectivity index (χ0n) is 13.6. The Hall–Kier alpha value is -0.790. The average Bonchev–Trinajstić information content (AvgIpc) is 2.41. The van der Waals surface area contributed by atoms with Crippen LogP contribution in [0.2, 0.25) is 0 Å². The summed E-state index contributed by atoms with van der Waals surface area (Å²) in [5.41, 5.74) is 0.274. The molecule has 0 aromatic rings. The number of carbonyl (C=O) groups excluding carboxylic acids is 1. The Labute approximate surface area is 124 Å². The molecule has 2 fully saturated rings. The van der Waals surface area contributed by atoms with E-state index in [1.54, 1.807) is 6.92 Å². The highest BCUT2D eigenvalue weighted by Gasteiger charge is 2.51. The van der Waals surface area contributed by atoms with Gasteiger partial charge in [-0.1, -0.05) is 33.8 Å². The minimum absolute atomic E-state index is 0.198. The van der Waals surface area contributed by atoms with Gasteiger partial charge in [0.15, 0.2) is 0 Å². The first-order chi connectivity index (χ1) is 9.39. The molecule has 2 heteroatoms. The van der Waals surface area contributed by atoms with Crippen molar-refractivity contribution in [2.24, 2.45) is 23.7 Å². The Balaban J connectivity index is 2.23. The summed E-state index contributed by atoms with van der Waals surface area (Å²) < 4.78 is 6.04. The SMILES string of the molecule is C=C(C)C(=O)OC1(C(C)C)CCC2CC(CC)CC1C2.